The van der Waals surface area contributed by atoms with E-state index in [1.165, 1.54) is 31.4 Å². The summed E-state index contributed by atoms with van der Waals surface area (Å²) >= 11 is 6.07. The first-order chi connectivity index (χ1) is 12.5. The summed E-state index contributed by atoms with van der Waals surface area (Å²) in [5.74, 6) is -0.699. The number of esters is 1. The standard InChI is InChI=1S/C18H12ClF2NO4/c1-24-15-9-11(6-7-14(15)25-18(20)21)16-22-13(17(23)26-16)8-10-4-2-3-5-12(10)19/h2-9,18H,1H3/b13-8-. The zero-order valence-electron chi connectivity index (χ0n) is 13.4. The lowest BCUT2D eigenvalue weighted by Crippen LogP contribution is -2.07. The topological polar surface area (TPSA) is 57.1 Å². The molecule has 8 heteroatoms. The summed E-state index contributed by atoms with van der Waals surface area (Å²) < 4.78 is 39.3. The van der Waals surface area contributed by atoms with E-state index in [4.69, 9.17) is 21.1 Å². The fourth-order valence-corrected chi connectivity index (χ4v) is 2.46. The number of carbonyl (C=O) groups is 1. The molecule has 0 N–H and O–H groups in total. The van der Waals surface area contributed by atoms with Gasteiger partial charge in [0.05, 0.1) is 7.11 Å². The third-order valence-electron chi connectivity index (χ3n) is 3.44. The Bertz CT molecular complexity index is 912. The fourth-order valence-electron chi connectivity index (χ4n) is 2.27. The van der Waals surface area contributed by atoms with Crippen molar-refractivity contribution in [2.75, 3.05) is 7.11 Å². The Hall–Kier alpha value is -2.93. The van der Waals surface area contributed by atoms with E-state index in [1.807, 2.05) is 0 Å². The molecule has 0 radical (unpaired) electrons. The minimum absolute atomic E-state index is 0.0233. The van der Waals surface area contributed by atoms with E-state index in [1.54, 1.807) is 24.3 Å². The van der Waals surface area contributed by atoms with Crippen LogP contribution in [0.1, 0.15) is 11.1 Å². The smallest absolute Gasteiger partial charge is 0.387 e. The van der Waals surface area contributed by atoms with E-state index in [-0.39, 0.29) is 23.1 Å². The maximum absolute atomic E-state index is 12.4. The van der Waals surface area contributed by atoms with Gasteiger partial charge in [0.15, 0.2) is 17.2 Å². The van der Waals surface area contributed by atoms with E-state index in [0.29, 0.717) is 16.1 Å². The maximum atomic E-state index is 12.4. The minimum Gasteiger partial charge on any atom is -0.493 e. The van der Waals surface area contributed by atoms with Gasteiger partial charge in [-0.25, -0.2) is 9.79 Å². The molecule has 5 nitrogen and oxygen atoms in total. The number of benzene rings is 2. The Kier molecular flexibility index (Phi) is 5.18. The molecule has 0 saturated carbocycles. The van der Waals surface area contributed by atoms with Crippen LogP contribution in [0.25, 0.3) is 6.08 Å². The predicted octanol–water partition coefficient (Wildman–Crippen LogP) is 4.29. The molecule has 0 bridgehead atoms. The summed E-state index contributed by atoms with van der Waals surface area (Å²) in [5, 5.41) is 0.464. The third-order valence-corrected chi connectivity index (χ3v) is 3.79. The van der Waals surface area contributed by atoms with Gasteiger partial charge in [0.25, 0.3) is 0 Å². The van der Waals surface area contributed by atoms with Crippen molar-refractivity contribution in [1.29, 1.82) is 0 Å². The van der Waals surface area contributed by atoms with Crippen LogP contribution in [-0.2, 0) is 9.53 Å². The van der Waals surface area contributed by atoms with Crippen LogP contribution < -0.4 is 9.47 Å². The van der Waals surface area contributed by atoms with Crippen LogP contribution in [0.3, 0.4) is 0 Å². The van der Waals surface area contributed by atoms with E-state index in [9.17, 15) is 13.6 Å². The second kappa shape index (κ2) is 7.53. The van der Waals surface area contributed by atoms with Gasteiger partial charge in [-0.1, -0.05) is 29.8 Å². The van der Waals surface area contributed by atoms with Gasteiger partial charge in [-0.3, -0.25) is 0 Å². The summed E-state index contributed by atoms with van der Waals surface area (Å²) in [5.41, 5.74) is 1.06. The van der Waals surface area contributed by atoms with Crippen molar-refractivity contribution < 1.29 is 27.8 Å². The summed E-state index contributed by atoms with van der Waals surface area (Å²) in [6, 6.07) is 11.1. The Morgan fingerprint density at radius 2 is 1.96 bits per heavy atom. The largest absolute Gasteiger partial charge is 0.493 e. The zero-order valence-corrected chi connectivity index (χ0v) is 14.2. The van der Waals surface area contributed by atoms with Gasteiger partial charge in [-0.05, 0) is 35.9 Å². The zero-order chi connectivity index (χ0) is 18.7. The van der Waals surface area contributed by atoms with Gasteiger partial charge < -0.3 is 14.2 Å². The highest BCUT2D eigenvalue weighted by Gasteiger charge is 2.25. The molecule has 0 saturated heterocycles. The average molecular weight is 380 g/mol. The highest BCUT2D eigenvalue weighted by molar-refractivity contribution is 6.32. The second-order valence-electron chi connectivity index (χ2n) is 5.10. The van der Waals surface area contributed by atoms with Crippen LogP contribution in [0.4, 0.5) is 8.78 Å². The number of alkyl halides is 2. The predicted molar refractivity (Wildman–Crippen MR) is 91.7 cm³/mol. The lowest BCUT2D eigenvalue weighted by atomic mass is 10.2. The minimum atomic E-state index is -2.98. The molecule has 0 aliphatic carbocycles. The average Bonchev–Trinajstić information content (AvgIpc) is 2.97. The van der Waals surface area contributed by atoms with Gasteiger partial charge in [0, 0.05) is 10.6 Å². The summed E-state index contributed by atoms with van der Waals surface area (Å²) in [6.07, 6.45) is 1.50. The van der Waals surface area contributed by atoms with E-state index in [2.05, 4.69) is 9.73 Å². The molecule has 2 aromatic carbocycles. The number of halogens is 3. The lowest BCUT2D eigenvalue weighted by molar-refractivity contribution is -0.129. The molecule has 0 fully saturated rings. The first-order valence-corrected chi connectivity index (χ1v) is 7.76. The van der Waals surface area contributed by atoms with Crippen LogP contribution in [0.15, 0.2) is 53.2 Å². The van der Waals surface area contributed by atoms with Crippen molar-refractivity contribution in [3.05, 3.63) is 64.3 Å². The summed E-state index contributed by atoms with van der Waals surface area (Å²) in [7, 11) is 1.31. The van der Waals surface area contributed by atoms with Gasteiger partial charge in [0.1, 0.15) is 0 Å². The van der Waals surface area contributed by atoms with Gasteiger partial charge in [0.2, 0.25) is 5.90 Å². The molecule has 0 spiro atoms. The van der Waals surface area contributed by atoms with Gasteiger partial charge in [-0.2, -0.15) is 8.78 Å². The number of carbonyl (C=O) groups excluding carboxylic acids is 1. The molecule has 2 aromatic rings. The molecular formula is C18H12ClF2NO4. The first kappa shape index (κ1) is 17.9. The molecule has 134 valence electrons. The Balaban J connectivity index is 1.93. The van der Waals surface area contributed by atoms with Crippen molar-refractivity contribution in [2.45, 2.75) is 6.61 Å². The normalized spacial score (nSPS) is 15.2. The van der Waals surface area contributed by atoms with Crippen LogP contribution >= 0.6 is 11.6 Å². The quantitative estimate of drug-likeness (QED) is 0.574. The number of rotatable bonds is 5. The van der Waals surface area contributed by atoms with Crippen molar-refractivity contribution in [3.63, 3.8) is 0 Å². The molecule has 0 aromatic heterocycles. The number of aliphatic imine (C=N–C) groups is 1. The molecule has 1 aliphatic heterocycles. The van der Waals surface area contributed by atoms with Crippen LogP contribution in [0.5, 0.6) is 11.5 Å². The molecule has 0 unspecified atom stereocenters. The molecular weight excluding hydrogens is 368 g/mol. The molecule has 1 heterocycles. The van der Waals surface area contributed by atoms with Gasteiger partial charge >= 0.3 is 12.6 Å². The van der Waals surface area contributed by atoms with Crippen LogP contribution in [-0.4, -0.2) is 25.6 Å². The number of cyclic esters (lactones) is 1. The first-order valence-electron chi connectivity index (χ1n) is 7.38. The van der Waals surface area contributed by atoms with Crippen LogP contribution in [0, 0.1) is 0 Å². The molecule has 0 amide bonds. The number of nitrogens with zero attached hydrogens (tertiary/aromatic N) is 1. The second-order valence-corrected chi connectivity index (χ2v) is 5.51. The molecule has 3 rings (SSSR count). The fraction of sp³-hybridized carbons (Fsp3) is 0.111. The molecule has 1 aliphatic rings. The van der Waals surface area contributed by atoms with E-state index < -0.39 is 12.6 Å². The molecule has 0 atom stereocenters. The van der Waals surface area contributed by atoms with Crippen molar-refractivity contribution >= 4 is 29.5 Å². The number of hydrogen-bond acceptors (Lipinski definition) is 5. The van der Waals surface area contributed by atoms with Gasteiger partial charge in [-0.15, -0.1) is 0 Å². The van der Waals surface area contributed by atoms with Crippen LogP contribution in [0.2, 0.25) is 5.02 Å². The Morgan fingerprint density at radius 1 is 1.19 bits per heavy atom. The number of hydrogen-bond donors (Lipinski definition) is 0. The summed E-state index contributed by atoms with van der Waals surface area (Å²) in [4.78, 5) is 16.2. The lowest BCUT2D eigenvalue weighted by Gasteiger charge is -2.10. The maximum Gasteiger partial charge on any atom is 0.387 e. The molecule has 26 heavy (non-hydrogen) atoms. The summed E-state index contributed by atoms with van der Waals surface area (Å²) in [6.45, 7) is -2.98. The van der Waals surface area contributed by atoms with Crippen molar-refractivity contribution in [3.8, 4) is 11.5 Å². The SMILES string of the molecule is COc1cc(C2=N/C(=C\c3ccccc3Cl)C(=O)O2)ccc1OC(F)F. The monoisotopic (exact) mass is 379 g/mol. The number of ether oxygens (including phenoxy) is 3. The Morgan fingerprint density at radius 3 is 2.65 bits per heavy atom. The van der Waals surface area contributed by atoms with Crippen molar-refractivity contribution in [2.24, 2.45) is 4.99 Å². The Labute approximate surface area is 152 Å². The highest BCUT2D eigenvalue weighted by atomic mass is 35.5. The third kappa shape index (κ3) is 3.83. The van der Waals surface area contributed by atoms with E-state index in [0.717, 1.165) is 0 Å². The van der Waals surface area contributed by atoms with Crippen molar-refractivity contribution in [1.82, 2.24) is 0 Å². The highest BCUT2D eigenvalue weighted by Crippen LogP contribution is 2.31. The number of methoxy groups -OCH3 is 1. The van der Waals surface area contributed by atoms with E-state index >= 15 is 0 Å².